The van der Waals surface area contributed by atoms with E-state index in [9.17, 15) is 19.5 Å². The Morgan fingerprint density at radius 2 is 1.13 bits per heavy atom. The number of nitrogens with two attached hydrogens (primary N) is 2. The van der Waals surface area contributed by atoms with E-state index in [-0.39, 0.29) is 12.2 Å². The van der Waals surface area contributed by atoms with Crippen LogP contribution in [0.25, 0.3) is 0 Å². The Bertz CT molecular complexity index is 1550. The van der Waals surface area contributed by atoms with Crippen molar-refractivity contribution in [2.75, 3.05) is 9.80 Å². The largest absolute Gasteiger partial charge is 0.388 e. The highest BCUT2D eigenvalue weighted by molar-refractivity contribution is 6.11. The second-order valence-corrected chi connectivity index (χ2v) is 9.00. The summed E-state index contributed by atoms with van der Waals surface area (Å²) in [6.07, 6.45) is 0.107. The number of primary amides is 2. The average molecular weight is 507 g/mol. The number of amides is 4. The van der Waals surface area contributed by atoms with E-state index in [4.69, 9.17) is 11.5 Å². The summed E-state index contributed by atoms with van der Waals surface area (Å²) in [4.78, 5) is 38.7. The van der Waals surface area contributed by atoms with Crippen molar-refractivity contribution >= 4 is 40.6 Å². The van der Waals surface area contributed by atoms with Crippen LogP contribution in [0.4, 0.5) is 32.3 Å². The molecule has 1 unspecified atom stereocenters. The predicted octanol–water partition coefficient (Wildman–Crippen LogP) is 5.14. The van der Waals surface area contributed by atoms with Gasteiger partial charge in [-0.05, 0) is 41.5 Å². The fourth-order valence-electron chi connectivity index (χ4n) is 4.98. The van der Waals surface area contributed by atoms with Crippen molar-refractivity contribution in [3.8, 4) is 0 Å². The molecule has 4 amide bonds. The number of fused-ring (bicyclic) bond motifs is 4. The summed E-state index contributed by atoms with van der Waals surface area (Å²) in [5, 5.41) is 10.3. The third kappa shape index (κ3) is 4.49. The monoisotopic (exact) mass is 506 g/mol. The van der Waals surface area contributed by atoms with Gasteiger partial charge in [0.2, 0.25) is 0 Å². The van der Waals surface area contributed by atoms with Crippen molar-refractivity contribution in [3.05, 3.63) is 119 Å². The first-order chi connectivity index (χ1) is 18.4. The third-order valence-corrected chi connectivity index (χ3v) is 6.65. The Kier molecular flexibility index (Phi) is 6.64. The summed E-state index contributed by atoms with van der Waals surface area (Å²) < 4.78 is 0. The lowest BCUT2D eigenvalue weighted by atomic mass is 10.0. The van der Waals surface area contributed by atoms with Crippen LogP contribution in [0.2, 0.25) is 0 Å². The van der Waals surface area contributed by atoms with E-state index in [0.717, 1.165) is 22.4 Å². The maximum Gasteiger partial charge on any atom is 0.323 e. The van der Waals surface area contributed by atoms with E-state index in [1.54, 1.807) is 36.4 Å². The number of hydrogen-bond acceptors (Lipinski definition) is 4. The summed E-state index contributed by atoms with van der Waals surface area (Å²) in [6, 6.07) is 28.0. The first-order valence-corrected chi connectivity index (χ1v) is 12.1. The van der Waals surface area contributed by atoms with Crippen LogP contribution in [0.5, 0.6) is 0 Å². The summed E-state index contributed by atoms with van der Waals surface area (Å²) in [7, 11) is 0. The lowest BCUT2D eigenvalue weighted by molar-refractivity contribution is 0.0994. The highest BCUT2D eigenvalue weighted by Crippen LogP contribution is 2.39. The lowest BCUT2D eigenvalue weighted by Gasteiger charge is -2.22. The van der Waals surface area contributed by atoms with Gasteiger partial charge in [0.15, 0.2) is 5.78 Å². The molecule has 0 bridgehead atoms. The molecule has 0 saturated heterocycles. The Morgan fingerprint density at radius 3 is 1.79 bits per heavy atom. The standard InChI is InChI=1S/C15H14N2O2.C15H12N2O2/c2*16-15(19)17-12-7-3-1-5-10(12)9-14(18)11-6-2-4-8-13(11)17/h1-8,14,18H,9H2,(H2,16,19);1-8H,9H2,(H2,16,19). The van der Waals surface area contributed by atoms with Gasteiger partial charge in [0.1, 0.15) is 0 Å². The van der Waals surface area contributed by atoms with Crippen LogP contribution < -0.4 is 21.3 Å². The quantitative estimate of drug-likeness (QED) is 0.305. The molecule has 0 radical (unpaired) electrons. The highest BCUT2D eigenvalue weighted by atomic mass is 16.3. The zero-order valence-electron chi connectivity index (χ0n) is 20.5. The van der Waals surface area contributed by atoms with Crippen LogP contribution in [0, 0.1) is 0 Å². The number of anilines is 4. The number of para-hydroxylation sites is 4. The molecule has 38 heavy (non-hydrogen) atoms. The summed E-state index contributed by atoms with van der Waals surface area (Å²) >= 11 is 0. The van der Waals surface area contributed by atoms with Gasteiger partial charge >= 0.3 is 12.1 Å². The molecule has 4 aromatic rings. The van der Waals surface area contributed by atoms with E-state index in [1.807, 2.05) is 60.7 Å². The molecule has 2 heterocycles. The molecule has 0 spiro atoms. The average Bonchev–Trinajstić information content (AvgIpc) is 3.12. The number of Topliss-reactive ketones (excluding diaryl/α,β-unsaturated/α-hetero) is 1. The predicted molar refractivity (Wildman–Crippen MR) is 146 cm³/mol. The number of benzene rings is 4. The van der Waals surface area contributed by atoms with Gasteiger partial charge in [-0.25, -0.2) is 9.59 Å². The fourth-order valence-corrected chi connectivity index (χ4v) is 4.98. The molecule has 0 aliphatic carbocycles. The van der Waals surface area contributed by atoms with E-state index in [1.165, 1.54) is 9.80 Å². The minimum atomic E-state index is -0.637. The van der Waals surface area contributed by atoms with Gasteiger partial charge < -0.3 is 16.6 Å². The summed E-state index contributed by atoms with van der Waals surface area (Å²) in [5.74, 6) is -0.00759. The van der Waals surface area contributed by atoms with Crippen LogP contribution in [-0.2, 0) is 12.8 Å². The molecule has 0 fully saturated rings. The number of nitrogens with zero attached hydrogens (tertiary/aromatic N) is 2. The number of ketones is 1. The van der Waals surface area contributed by atoms with E-state index in [0.29, 0.717) is 29.0 Å². The first kappa shape index (κ1) is 24.7. The minimum Gasteiger partial charge on any atom is -0.388 e. The van der Waals surface area contributed by atoms with Gasteiger partial charge in [0.05, 0.1) is 28.9 Å². The molecule has 8 nitrogen and oxygen atoms in total. The van der Waals surface area contributed by atoms with Crippen molar-refractivity contribution in [1.82, 2.24) is 0 Å². The molecular formula is C30H26N4O4. The number of hydrogen-bond donors (Lipinski definition) is 3. The number of carbonyl (C=O) groups excluding carboxylic acids is 3. The molecule has 0 saturated carbocycles. The van der Waals surface area contributed by atoms with Gasteiger partial charge in [0.25, 0.3) is 0 Å². The van der Waals surface area contributed by atoms with Crippen LogP contribution >= 0.6 is 0 Å². The SMILES string of the molecule is NC(=O)N1c2ccccc2CC(=O)c2ccccc21.NC(=O)N1c2ccccc2CC(O)c2ccccc21. The Balaban J connectivity index is 0.000000155. The summed E-state index contributed by atoms with van der Waals surface area (Å²) in [6.45, 7) is 0. The van der Waals surface area contributed by atoms with Crippen LogP contribution in [-0.4, -0.2) is 23.0 Å². The number of aliphatic hydroxyl groups is 1. The zero-order valence-corrected chi connectivity index (χ0v) is 20.5. The van der Waals surface area contributed by atoms with Gasteiger partial charge in [-0.15, -0.1) is 0 Å². The van der Waals surface area contributed by atoms with Gasteiger partial charge in [-0.1, -0.05) is 66.7 Å². The molecule has 6 rings (SSSR count). The van der Waals surface area contributed by atoms with E-state index in [2.05, 4.69) is 0 Å². The van der Waals surface area contributed by atoms with Crippen LogP contribution in [0.1, 0.15) is 33.2 Å². The normalized spacial score (nSPS) is 15.4. The molecule has 1 atom stereocenters. The number of carbonyl (C=O) groups is 3. The molecule has 0 aromatic heterocycles. The molecule has 5 N–H and O–H groups in total. The smallest absolute Gasteiger partial charge is 0.323 e. The lowest BCUT2D eigenvalue weighted by Crippen LogP contribution is -2.32. The van der Waals surface area contributed by atoms with Crippen molar-refractivity contribution in [1.29, 1.82) is 0 Å². The number of urea groups is 2. The highest BCUT2D eigenvalue weighted by Gasteiger charge is 2.29. The number of aliphatic hydroxyl groups excluding tert-OH is 1. The minimum absolute atomic E-state index is 0.00759. The molecule has 8 heteroatoms. The number of rotatable bonds is 0. The molecule has 4 aromatic carbocycles. The second-order valence-electron chi connectivity index (χ2n) is 9.00. The molecule has 2 aliphatic heterocycles. The van der Waals surface area contributed by atoms with Gasteiger partial charge in [0, 0.05) is 24.0 Å². The van der Waals surface area contributed by atoms with Crippen molar-refractivity contribution in [3.63, 3.8) is 0 Å². The first-order valence-electron chi connectivity index (χ1n) is 12.1. The Morgan fingerprint density at radius 1 is 0.658 bits per heavy atom. The fraction of sp³-hybridized carbons (Fsp3) is 0.100. The Labute approximate surface area is 219 Å². The van der Waals surface area contributed by atoms with Gasteiger partial charge in [-0.2, -0.15) is 0 Å². The van der Waals surface area contributed by atoms with Crippen molar-refractivity contribution in [2.45, 2.75) is 18.9 Å². The van der Waals surface area contributed by atoms with Crippen LogP contribution in [0.15, 0.2) is 97.1 Å². The van der Waals surface area contributed by atoms with Crippen LogP contribution in [0.3, 0.4) is 0 Å². The molecular weight excluding hydrogens is 480 g/mol. The second kappa shape index (κ2) is 10.2. The topological polar surface area (TPSA) is 130 Å². The maximum atomic E-state index is 12.3. The third-order valence-electron chi connectivity index (χ3n) is 6.65. The van der Waals surface area contributed by atoms with Crippen molar-refractivity contribution < 1.29 is 19.5 Å². The van der Waals surface area contributed by atoms with Gasteiger partial charge in [-0.3, -0.25) is 14.6 Å². The van der Waals surface area contributed by atoms with E-state index >= 15 is 0 Å². The molecule has 2 aliphatic rings. The maximum absolute atomic E-state index is 12.3. The summed E-state index contributed by atoms with van der Waals surface area (Å²) in [5.41, 5.74) is 16.6. The Hall–Kier alpha value is -4.95. The van der Waals surface area contributed by atoms with E-state index < -0.39 is 18.2 Å². The zero-order chi connectivity index (χ0) is 26.8. The molecule has 190 valence electrons. The van der Waals surface area contributed by atoms with Crippen molar-refractivity contribution in [2.24, 2.45) is 11.5 Å².